The molecule has 2 saturated heterocycles. The molecule has 2 N–H and O–H groups in total. The van der Waals surface area contributed by atoms with Crippen LogP contribution in [-0.4, -0.2) is 78.3 Å². The number of hydrogen-bond acceptors (Lipinski definition) is 7. The monoisotopic (exact) mass is 598 g/mol. The van der Waals surface area contributed by atoms with E-state index in [0.717, 1.165) is 12.0 Å². The van der Waals surface area contributed by atoms with Gasteiger partial charge in [0.05, 0.1) is 29.1 Å². The highest BCUT2D eigenvalue weighted by molar-refractivity contribution is 6.07. The number of halogens is 3. The number of rotatable bonds is 6. The number of pyridine rings is 2. The van der Waals surface area contributed by atoms with Gasteiger partial charge in [0.2, 0.25) is 5.56 Å². The van der Waals surface area contributed by atoms with Crippen LogP contribution in [0.1, 0.15) is 50.0 Å². The van der Waals surface area contributed by atoms with Crippen molar-refractivity contribution in [2.75, 3.05) is 48.3 Å². The molecule has 0 saturated carbocycles. The summed E-state index contributed by atoms with van der Waals surface area (Å²) in [6.07, 6.45) is -0.378. The Hall–Kier alpha value is -3.90. The summed E-state index contributed by atoms with van der Waals surface area (Å²) in [5.74, 6) is -0.605. The van der Waals surface area contributed by atoms with Gasteiger partial charge in [0.25, 0.3) is 12.3 Å². The lowest BCUT2D eigenvalue weighted by molar-refractivity contribution is -0.00546. The molecule has 2 fully saturated rings. The van der Waals surface area contributed by atoms with Crippen molar-refractivity contribution in [3.8, 4) is 11.1 Å². The lowest BCUT2D eigenvalue weighted by Gasteiger charge is -2.44. The predicted molar refractivity (Wildman–Crippen MR) is 161 cm³/mol. The van der Waals surface area contributed by atoms with Gasteiger partial charge in [-0.15, -0.1) is 0 Å². The zero-order valence-corrected chi connectivity index (χ0v) is 24.9. The summed E-state index contributed by atoms with van der Waals surface area (Å²) in [4.78, 5) is 38.3. The second-order valence-corrected chi connectivity index (χ2v) is 11.6. The van der Waals surface area contributed by atoms with Crippen LogP contribution in [-0.2, 0) is 4.74 Å². The van der Waals surface area contributed by atoms with Crippen LogP contribution in [0.15, 0.2) is 47.5 Å². The molecule has 1 aromatic carbocycles. The molecule has 2 aromatic heterocycles. The van der Waals surface area contributed by atoms with Gasteiger partial charge in [-0.1, -0.05) is 0 Å². The molecule has 230 valence electrons. The fourth-order valence-electron chi connectivity index (χ4n) is 5.90. The van der Waals surface area contributed by atoms with Crippen LogP contribution in [0.3, 0.4) is 0 Å². The van der Waals surface area contributed by atoms with Crippen molar-refractivity contribution >= 4 is 23.1 Å². The molecule has 12 heteroatoms. The van der Waals surface area contributed by atoms with Gasteiger partial charge in [0.15, 0.2) is 0 Å². The first-order valence-corrected chi connectivity index (χ1v) is 14.4. The van der Waals surface area contributed by atoms with Gasteiger partial charge in [-0.2, -0.15) is 0 Å². The maximum Gasteiger partial charge on any atom is 0.264 e. The van der Waals surface area contributed by atoms with E-state index < -0.39 is 29.3 Å². The summed E-state index contributed by atoms with van der Waals surface area (Å²) in [5, 5.41) is 2.73. The Kier molecular flexibility index (Phi) is 8.79. The van der Waals surface area contributed by atoms with Crippen LogP contribution in [0.2, 0.25) is 0 Å². The molecule has 9 nitrogen and oxygen atoms in total. The highest BCUT2D eigenvalue weighted by Gasteiger charge is 2.30. The van der Waals surface area contributed by atoms with Crippen molar-refractivity contribution < 1.29 is 22.7 Å². The van der Waals surface area contributed by atoms with Crippen molar-refractivity contribution in [2.24, 2.45) is 0 Å². The van der Waals surface area contributed by atoms with Gasteiger partial charge in [-0.05, 0) is 59.0 Å². The van der Waals surface area contributed by atoms with Crippen molar-refractivity contribution in [3.05, 3.63) is 70.0 Å². The average Bonchev–Trinajstić information content (AvgIpc) is 2.95. The third-order valence-corrected chi connectivity index (χ3v) is 8.27. The van der Waals surface area contributed by atoms with E-state index in [1.54, 1.807) is 12.3 Å². The average molecular weight is 599 g/mol. The summed E-state index contributed by atoms with van der Waals surface area (Å²) in [6, 6.07) is 7.47. The number of carbonyl (C=O) groups is 1. The number of ether oxygens (including phenoxy) is 1. The molecule has 3 aromatic rings. The molecule has 1 amide bonds. The number of anilines is 3. The number of amides is 1. The molecule has 2 aliphatic heterocycles. The van der Waals surface area contributed by atoms with E-state index >= 15 is 4.39 Å². The number of likely N-dealkylation sites (N-methyl/N-ethyl adjacent to an activating group) is 1. The zero-order chi connectivity index (χ0) is 31.0. The highest BCUT2D eigenvalue weighted by Crippen LogP contribution is 2.37. The Morgan fingerprint density at radius 2 is 1.70 bits per heavy atom. The number of hydrogen-bond donors (Lipinski definition) is 2. The van der Waals surface area contributed by atoms with Gasteiger partial charge in [0, 0.05) is 73.4 Å². The van der Waals surface area contributed by atoms with Crippen LogP contribution in [0.25, 0.3) is 11.1 Å². The number of H-pyrrole nitrogens is 1. The molecule has 43 heavy (non-hydrogen) atoms. The molecule has 2 aliphatic rings. The molecule has 0 radical (unpaired) electrons. The molecule has 1 unspecified atom stereocenters. The van der Waals surface area contributed by atoms with Crippen molar-refractivity contribution in [1.29, 1.82) is 0 Å². The minimum absolute atomic E-state index is 0.0504. The fraction of sp³-hybridized carbons (Fsp3) is 0.452. The van der Waals surface area contributed by atoms with Crippen LogP contribution >= 0.6 is 0 Å². The summed E-state index contributed by atoms with van der Waals surface area (Å²) in [6.45, 7) is 10.6. The van der Waals surface area contributed by atoms with E-state index in [0.29, 0.717) is 43.5 Å². The Morgan fingerprint density at radius 1 is 1.02 bits per heavy atom. The molecule has 4 atom stereocenters. The lowest BCUT2D eigenvalue weighted by Crippen LogP contribution is -2.55. The van der Waals surface area contributed by atoms with Crippen LogP contribution in [0.5, 0.6) is 0 Å². The fourth-order valence-corrected chi connectivity index (χ4v) is 5.90. The van der Waals surface area contributed by atoms with Gasteiger partial charge >= 0.3 is 0 Å². The number of nitrogens with zero attached hydrogens (tertiary/aromatic N) is 4. The second kappa shape index (κ2) is 12.4. The predicted octanol–water partition coefficient (Wildman–Crippen LogP) is 4.91. The Labute approximate surface area is 248 Å². The summed E-state index contributed by atoms with van der Waals surface area (Å²) in [5.41, 5.74) is -0.399. The normalized spacial score (nSPS) is 23.1. The van der Waals surface area contributed by atoms with Gasteiger partial charge in [-0.25, -0.2) is 18.2 Å². The van der Waals surface area contributed by atoms with Crippen molar-refractivity contribution in [2.45, 2.75) is 58.4 Å². The summed E-state index contributed by atoms with van der Waals surface area (Å²) < 4.78 is 49.1. The number of nitrogens with one attached hydrogen (secondary N) is 2. The number of piperazine rings is 1. The first kappa shape index (κ1) is 30.6. The quantitative estimate of drug-likeness (QED) is 0.417. The smallest absolute Gasteiger partial charge is 0.264 e. The second-order valence-electron chi connectivity index (χ2n) is 11.6. The highest BCUT2D eigenvalue weighted by atomic mass is 19.3. The van der Waals surface area contributed by atoms with Gasteiger partial charge in [-0.3, -0.25) is 14.5 Å². The molecule has 0 aliphatic carbocycles. The third kappa shape index (κ3) is 6.54. The maximum atomic E-state index is 15.8. The van der Waals surface area contributed by atoms with E-state index in [9.17, 15) is 18.4 Å². The summed E-state index contributed by atoms with van der Waals surface area (Å²) >= 11 is 0. The third-order valence-electron chi connectivity index (χ3n) is 8.27. The standard InChI is InChI=1S/C31H37F3N6O3/c1-17-13-39(14-18(2)38(17)5)27-10-25(32)22(21-6-7-28(35-11-21)40-15-19(3)43-20(4)16-40)8-26(27)37-31(42)24-12-36-29(41)9-23(24)30(33)34/h6-12,17-20,30H,13-16H2,1-5H3,(H,36,41)(H,37,42)/t17-,18?,19-,20+/m0/s1. The van der Waals surface area contributed by atoms with E-state index in [1.165, 1.54) is 12.1 Å². The minimum atomic E-state index is -3.03. The molecular weight excluding hydrogens is 561 g/mol. The minimum Gasteiger partial charge on any atom is -0.372 e. The van der Waals surface area contributed by atoms with Crippen LogP contribution in [0.4, 0.5) is 30.4 Å². The number of morpholine rings is 1. The lowest BCUT2D eigenvalue weighted by atomic mass is 10.0. The van der Waals surface area contributed by atoms with Crippen LogP contribution in [0, 0.1) is 5.82 Å². The molecule has 0 spiro atoms. The van der Waals surface area contributed by atoms with E-state index in [4.69, 9.17) is 4.74 Å². The number of benzene rings is 1. The number of aromatic nitrogens is 2. The van der Waals surface area contributed by atoms with Gasteiger partial charge < -0.3 is 24.8 Å². The molecular formula is C31H37F3N6O3. The first-order chi connectivity index (χ1) is 20.4. The first-order valence-electron chi connectivity index (χ1n) is 14.4. The molecule has 5 rings (SSSR count). The molecule has 0 bridgehead atoms. The van der Waals surface area contributed by atoms with Gasteiger partial charge in [0.1, 0.15) is 11.6 Å². The number of carbonyl (C=O) groups excluding carboxylic acids is 1. The SMILES string of the molecule is CC1CN(c2cc(F)c(-c3ccc(N4C[C@@H](C)O[C@@H](C)C4)nc3)cc2NC(=O)c2c[nH]c(=O)cc2C(F)F)C[C@H](C)N1C. The van der Waals surface area contributed by atoms with Crippen molar-refractivity contribution in [3.63, 3.8) is 0 Å². The molecule has 4 heterocycles. The zero-order valence-electron chi connectivity index (χ0n) is 24.9. The Morgan fingerprint density at radius 3 is 2.30 bits per heavy atom. The Bertz CT molecular complexity index is 1510. The topological polar surface area (TPSA) is 93.8 Å². The van der Waals surface area contributed by atoms with E-state index in [1.807, 2.05) is 31.9 Å². The summed E-state index contributed by atoms with van der Waals surface area (Å²) in [7, 11) is 2.02. The van der Waals surface area contributed by atoms with Crippen LogP contribution < -0.4 is 20.7 Å². The van der Waals surface area contributed by atoms with E-state index in [-0.39, 0.29) is 41.1 Å². The Balaban J connectivity index is 1.52. The maximum absolute atomic E-state index is 15.8. The number of aromatic amines is 1. The van der Waals surface area contributed by atoms with Crippen molar-refractivity contribution in [1.82, 2.24) is 14.9 Å². The largest absolute Gasteiger partial charge is 0.372 e. The number of alkyl halides is 2. The van der Waals surface area contributed by atoms with E-state index in [2.05, 4.69) is 38.9 Å².